The third kappa shape index (κ3) is 6.42. The molecule has 6 aromatic rings. The minimum absolute atomic E-state index is 0.281. The van der Waals surface area contributed by atoms with Crippen molar-refractivity contribution in [1.29, 1.82) is 0 Å². The summed E-state index contributed by atoms with van der Waals surface area (Å²) in [5.41, 5.74) is 3.58. The summed E-state index contributed by atoms with van der Waals surface area (Å²) in [6.07, 6.45) is 3.66. The van der Waals surface area contributed by atoms with Gasteiger partial charge in [-0.3, -0.25) is 9.52 Å². The average molecular weight is 684 g/mol. The summed E-state index contributed by atoms with van der Waals surface area (Å²) < 4.78 is 16.3. The van der Waals surface area contributed by atoms with Crippen LogP contribution < -0.4 is 14.8 Å². The number of nitrogens with one attached hydrogen (secondary N) is 2. The summed E-state index contributed by atoms with van der Waals surface area (Å²) in [6, 6.07) is 37.8. The largest absolute Gasteiger partial charge is 0.493 e. The standard InChI is InChI=1S/C40H37N5O4S/c1-39(2,3)49-38(47)43-33-22-24-48-34-25-27(19-20-31(33)34)37(46)44-50-35-21-23-41-36-32(35)26-42-45(36)40(28-13-7-4-8-14-28,29-15-9-5-10-16-29)30-17-11-6-12-18-30/h4-21,23,25-26,33H,22,24H2,1-3H3,(H,43,47)(H,44,46)/t33-/m0/s1. The molecule has 1 aliphatic rings. The Morgan fingerprint density at radius 2 is 1.48 bits per heavy atom. The second kappa shape index (κ2) is 13.7. The van der Waals surface area contributed by atoms with E-state index in [2.05, 4.69) is 46.4 Å². The molecule has 2 N–H and O–H groups in total. The Hall–Kier alpha value is -5.61. The maximum absolute atomic E-state index is 13.5. The van der Waals surface area contributed by atoms with Crippen LogP contribution in [0, 0.1) is 0 Å². The number of benzene rings is 4. The molecule has 7 rings (SSSR count). The van der Waals surface area contributed by atoms with Gasteiger partial charge in [-0.05, 0) is 67.6 Å². The Balaban J connectivity index is 1.19. The number of alkyl carbamates (subject to hydrolysis) is 1. The molecule has 3 heterocycles. The Labute approximate surface area is 295 Å². The van der Waals surface area contributed by atoms with Crippen molar-refractivity contribution in [3.63, 3.8) is 0 Å². The topological polar surface area (TPSA) is 107 Å². The molecule has 2 amide bonds. The van der Waals surface area contributed by atoms with Gasteiger partial charge in [0.15, 0.2) is 5.65 Å². The zero-order valence-electron chi connectivity index (χ0n) is 28.0. The van der Waals surface area contributed by atoms with Gasteiger partial charge in [-0.1, -0.05) is 97.1 Å². The molecule has 0 bridgehead atoms. The van der Waals surface area contributed by atoms with E-state index in [9.17, 15) is 9.59 Å². The van der Waals surface area contributed by atoms with Crippen LogP contribution in [0.5, 0.6) is 5.75 Å². The zero-order valence-corrected chi connectivity index (χ0v) is 28.8. The highest BCUT2D eigenvalue weighted by Crippen LogP contribution is 2.42. The van der Waals surface area contributed by atoms with Gasteiger partial charge in [-0.25, -0.2) is 14.5 Å². The Morgan fingerprint density at radius 1 is 0.860 bits per heavy atom. The highest BCUT2D eigenvalue weighted by molar-refractivity contribution is 7.98. The van der Waals surface area contributed by atoms with Crippen LogP contribution in [-0.2, 0) is 10.3 Å². The van der Waals surface area contributed by atoms with Gasteiger partial charge in [0.25, 0.3) is 5.91 Å². The van der Waals surface area contributed by atoms with Crippen molar-refractivity contribution in [3.05, 3.63) is 155 Å². The minimum Gasteiger partial charge on any atom is -0.493 e. The van der Waals surface area contributed by atoms with Gasteiger partial charge in [0, 0.05) is 28.6 Å². The normalized spacial score (nSPS) is 14.3. The number of hydrogen-bond donors (Lipinski definition) is 2. The zero-order chi connectivity index (χ0) is 34.7. The maximum atomic E-state index is 13.5. The Kier molecular flexibility index (Phi) is 9.03. The summed E-state index contributed by atoms with van der Waals surface area (Å²) in [5.74, 6) is 0.273. The van der Waals surface area contributed by atoms with Crippen molar-refractivity contribution in [2.24, 2.45) is 0 Å². The smallest absolute Gasteiger partial charge is 0.408 e. The molecule has 1 atom stereocenters. The van der Waals surface area contributed by atoms with Crippen LogP contribution in [0.2, 0.25) is 0 Å². The van der Waals surface area contributed by atoms with Gasteiger partial charge in [0.1, 0.15) is 16.9 Å². The number of hydrogen-bond acceptors (Lipinski definition) is 7. The van der Waals surface area contributed by atoms with E-state index in [1.165, 1.54) is 11.9 Å². The van der Waals surface area contributed by atoms with E-state index in [-0.39, 0.29) is 11.9 Å². The number of aromatic nitrogens is 3. The summed E-state index contributed by atoms with van der Waals surface area (Å²) in [6.45, 7) is 5.88. The summed E-state index contributed by atoms with van der Waals surface area (Å²) >= 11 is 1.21. The summed E-state index contributed by atoms with van der Waals surface area (Å²) in [5, 5.41) is 8.74. The first-order chi connectivity index (χ1) is 24.2. The van der Waals surface area contributed by atoms with E-state index in [0.717, 1.165) is 32.5 Å². The quantitative estimate of drug-likeness (QED) is 0.123. The molecule has 0 radical (unpaired) electrons. The molecule has 0 saturated carbocycles. The van der Waals surface area contributed by atoms with Gasteiger partial charge in [-0.2, -0.15) is 5.10 Å². The number of nitrogens with zero attached hydrogens (tertiary/aromatic N) is 3. The molecule has 0 spiro atoms. The van der Waals surface area contributed by atoms with Gasteiger partial charge in [0.2, 0.25) is 0 Å². The molecule has 50 heavy (non-hydrogen) atoms. The van der Waals surface area contributed by atoms with E-state index >= 15 is 0 Å². The van der Waals surface area contributed by atoms with E-state index in [0.29, 0.717) is 30.0 Å². The number of amides is 2. The Bertz CT molecular complexity index is 2040. The highest BCUT2D eigenvalue weighted by atomic mass is 32.2. The van der Waals surface area contributed by atoms with Crippen molar-refractivity contribution in [1.82, 2.24) is 24.8 Å². The van der Waals surface area contributed by atoms with Crippen LogP contribution in [0.25, 0.3) is 11.0 Å². The fourth-order valence-electron chi connectivity index (χ4n) is 6.44. The number of carbonyl (C=O) groups excluding carboxylic acids is 2. The number of fused-ring (bicyclic) bond motifs is 2. The molecule has 9 nitrogen and oxygen atoms in total. The maximum Gasteiger partial charge on any atom is 0.408 e. The number of pyridine rings is 1. The highest BCUT2D eigenvalue weighted by Gasteiger charge is 2.41. The first-order valence-corrected chi connectivity index (χ1v) is 17.3. The first kappa shape index (κ1) is 32.9. The number of carbonyl (C=O) groups is 2. The second-order valence-electron chi connectivity index (χ2n) is 13.0. The second-order valence-corrected chi connectivity index (χ2v) is 13.9. The molecular weight excluding hydrogens is 647 g/mol. The van der Waals surface area contributed by atoms with Gasteiger partial charge < -0.3 is 14.8 Å². The van der Waals surface area contributed by atoms with E-state index in [4.69, 9.17) is 19.6 Å². The predicted octanol–water partition coefficient (Wildman–Crippen LogP) is 8.06. The number of ether oxygens (including phenoxy) is 2. The van der Waals surface area contributed by atoms with Crippen LogP contribution >= 0.6 is 11.9 Å². The van der Waals surface area contributed by atoms with Crippen molar-refractivity contribution < 1.29 is 19.1 Å². The van der Waals surface area contributed by atoms with E-state index in [1.807, 2.05) is 98.4 Å². The lowest BCUT2D eigenvalue weighted by Crippen LogP contribution is -2.38. The molecular formula is C40H37N5O4S. The van der Waals surface area contributed by atoms with Crippen LogP contribution in [0.15, 0.2) is 133 Å². The van der Waals surface area contributed by atoms with Crippen molar-refractivity contribution in [2.45, 2.75) is 49.3 Å². The van der Waals surface area contributed by atoms with Crippen molar-refractivity contribution in [2.75, 3.05) is 6.61 Å². The molecule has 252 valence electrons. The lowest BCUT2D eigenvalue weighted by atomic mass is 9.77. The average Bonchev–Trinajstić information content (AvgIpc) is 3.56. The number of rotatable bonds is 8. The molecule has 1 aliphatic heterocycles. The lowest BCUT2D eigenvalue weighted by molar-refractivity contribution is 0.0490. The van der Waals surface area contributed by atoms with Crippen molar-refractivity contribution >= 4 is 35.0 Å². The fourth-order valence-corrected chi connectivity index (χ4v) is 7.14. The summed E-state index contributed by atoms with van der Waals surface area (Å²) in [7, 11) is 0. The summed E-state index contributed by atoms with van der Waals surface area (Å²) in [4.78, 5) is 31.6. The molecule has 0 saturated heterocycles. The van der Waals surface area contributed by atoms with Crippen LogP contribution in [0.1, 0.15) is 65.8 Å². The third-order valence-corrected chi connectivity index (χ3v) is 9.45. The van der Waals surface area contributed by atoms with Crippen molar-refractivity contribution in [3.8, 4) is 5.75 Å². The third-order valence-electron chi connectivity index (χ3n) is 8.58. The molecule has 0 aliphatic carbocycles. The molecule has 0 fully saturated rings. The van der Waals surface area contributed by atoms with Gasteiger partial charge in [-0.15, -0.1) is 0 Å². The SMILES string of the molecule is CC(C)(C)OC(=O)N[C@H]1CCOc2cc(C(=O)NSc3ccnc4c3cnn4C(c3ccccc3)(c3ccccc3)c3ccccc3)ccc21. The van der Waals surface area contributed by atoms with E-state index < -0.39 is 17.2 Å². The first-order valence-electron chi connectivity index (χ1n) is 16.5. The molecule has 2 aromatic heterocycles. The van der Waals surface area contributed by atoms with Crippen LogP contribution in [-0.4, -0.2) is 39.0 Å². The monoisotopic (exact) mass is 683 g/mol. The molecule has 0 unspecified atom stereocenters. The molecule has 4 aromatic carbocycles. The lowest BCUT2D eigenvalue weighted by Gasteiger charge is -2.36. The minimum atomic E-state index is -0.829. The molecule has 10 heteroatoms. The van der Waals surface area contributed by atoms with E-state index in [1.54, 1.807) is 18.3 Å². The van der Waals surface area contributed by atoms with Gasteiger partial charge in [0.05, 0.1) is 24.2 Å². The Morgan fingerprint density at radius 3 is 2.08 bits per heavy atom. The predicted molar refractivity (Wildman–Crippen MR) is 194 cm³/mol. The van der Waals surface area contributed by atoms with Gasteiger partial charge >= 0.3 is 6.09 Å². The van der Waals surface area contributed by atoms with Crippen LogP contribution in [0.4, 0.5) is 4.79 Å². The fraction of sp³-hybridized carbons (Fsp3) is 0.200. The van der Waals surface area contributed by atoms with Crippen LogP contribution in [0.3, 0.4) is 0 Å².